The molecule has 1 aliphatic rings. The molecule has 0 saturated carbocycles. The molecule has 0 bridgehead atoms. The van der Waals surface area contributed by atoms with Crippen LogP contribution in [0.5, 0.6) is 0 Å². The van der Waals surface area contributed by atoms with E-state index in [4.69, 9.17) is 12.3 Å². The highest BCUT2D eigenvalue weighted by atomic mass is 14.9. The Morgan fingerprint density at radius 2 is 1.38 bits per heavy atom. The minimum atomic E-state index is -0.587. The second kappa shape index (κ2) is 10.6. The molecular formula is C38H32N2. The number of allylic oxidation sites excluding steroid dienone is 5. The lowest BCUT2D eigenvalue weighted by molar-refractivity contribution is 0.772. The van der Waals surface area contributed by atoms with Crippen molar-refractivity contribution in [1.82, 2.24) is 0 Å². The summed E-state index contributed by atoms with van der Waals surface area (Å²) >= 11 is 0. The van der Waals surface area contributed by atoms with Crippen molar-refractivity contribution in [2.24, 2.45) is 0 Å². The highest BCUT2D eigenvalue weighted by molar-refractivity contribution is 5.91. The second-order valence-electron chi connectivity index (χ2n) is 10.1. The van der Waals surface area contributed by atoms with Gasteiger partial charge >= 0.3 is 0 Å². The summed E-state index contributed by atoms with van der Waals surface area (Å²) in [7, 11) is 0. The maximum absolute atomic E-state index is 6.15. The minimum absolute atomic E-state index is 0.587. The molecule has 0 fully saturated rings. The molecule has 0 heterocycles. The largest absolute Gasteiger partial charge is 0.399 e. The third-order valence-electron chi connectivity index (χ3n) is 7.73. The lowest BCUT2D eigenvalue weighted by atomic mass is 9.67. The molecule has 6 rings (SSSR count). The molecule has 1 atom stereocenters. The Balaban J connectivity index is 1.64. The molecule has 0 aromatic heterocycles. The zero-order valence-corrected chi connectivity index (χ0v) is 22.6. The smallest absolute Gasteiger partial charge is 0.0728 e. The van der Waals surface area contributed by atoms with Gasteiger partial charge in [0.2, 0.25) is 0 Å². The van der Waals surface area contributed by atoms with Gasteiger partial charge in [0.15, 0.2) is 0 Å². The first-order valence-corrected chi connectivity index (χ1v) is 13.6. The number of para-hydroxylation sites is 2. The fourth-order valence-electron chi connectivity index (χ4n) is 5.99. The van der Waals surface area contributed by atoms with Gasteiger partial charge in [-0.3, -0.25) is 0 Å². The molecule has 0 saturated heterocycles. The van der Waals surface area contributed by atoms with Gasteiger partial charge in [0.05, 0.1) is 5.41 Å². The Morgan fingerprint density at radius 3 is 2.17 bits per heavy atom. The molecule has 0 amide bonds. The number of benzene rings is 5. The predicted molar refractivity (Wildman–Crippen MR) is 171 cm³/mol. The van der Waals surface area contributed by atoms with Gasteiger partial charge in [-0.05, 0) is 87.8 Å². The average Bonchev–Trinajstić information content (AvgIpc) is 3.29. The fourth-order valence-corrected chi connectivity index (χ4v) is 5.99. The SMILES string of the molecule is C=C(/C=C\C=C/C)C1(c2ccccc2Nc2ccccc2)c2ccccc2-c2cc(-c3cccc(N)c3)ccc21. The van der Waals surface area contributed by atoms with Crippen molar-refractivity contribution >= 4 is 17.1 Å². The molecule has 5 aromatic carbocycles. The van der Waals surface area contributed by atoms with Crippen LogP contribution >= 0.6 is 0 Å². The van der Waals surface area contributed by atoms with Crippen LogP contribution in [0.15, 0.2) is 158 Å². The number of nitrogen functional groups attached to an aromatic ring is 1. The fraction of sp³-hybridized carbons (Fsp3) is 0.0526. The van der Waals surface area contributed by atoms with Crippen molar-refractivity contribution in [2.45, 2.75) is 12.3 Å². The maximum Gasteiger partial charge on any atom is 0.0728 e. The van der Waals surface area contributed by atoms with Gasteiger partial charge < -0.3 is 11.1 Å². The Kier molecular flexibility index (Phi) is 6.67. The lowest BCUT2D eigenvalue weighted by Gasteiger charge is -2.36. The molecule has 2 heteroatoms. The van der Waals surface area contributed by atoms with E-state index in [1.165, 1.54) is 22.3 Å². The molecule has 0 aliphatic heterocycles. The summed E-state index contributed by atoms with van der Waals surface area (Å²) in [5, 5.41) is 3.71. The summed E-state index contributed by atoms with van der Waals surface area (Å²) in [5.41, 5.74) is 17.7. The third-order valence-corrected chi connectivity index (χ3v) is 7.73. The van der Waals surface area contributed by atoms with Crippen molar-refractivity contribution in [2.75, 3.05) is 11.1 Å². The van der Waals surface area contributed by atoms with E-state index in [9.17, 15) is 0 Å². The van der Waals surface area contributed by atoms with Crippen molar-refractivity contribution in [1.29, 1.82) is 0 Å². The van der Waals surface area contributed by atoms with E-state index in [1.54, 1.807) is 0 Å². The van der Waals surface area contributed by atoms with Gasteiger partial charge in [-0.15, -0.1) is 0 Å². The summed E-state index contributed by atoms with van der Waals surface area (Å²) in [6.45, 7) is 6.76. The molecule has 5 aromatic rings. The topological polar surface area (TPSA) is 38.0 Å². The number of hydrogen-bond acceptors (Lipinski definition) is 2. The number of rotatable bonds is 7. The van der Waals surface area contributed by atoms with Crippen LogP contribution < -0.4 is 11.1 Å². The molecule has 1 unspecified atom stereocenters. The van der Waals surface area contributed by atoms with Crippen LogP contribution in [0.1, 0.15) is 23.6 Å². The first-order valence-electron chi connectivity index (χ1n) is 13.6. The minimum Gasteiger partial charge on any atom is -0.399 e. The molecule has 2 nitrogen and oxygen atoms in total. The van der Waals surface area contributed by atoms with E-state index in [0.29, 0.717) is 0 Å². The lowest BCUT2D eigenvalue weighted by Crippen LogP contribution is -2.29. The first-order chi connectivity index (χ1) is 19.6. The van der Waals surface area contributed by atoms with Crippen LogP contribution in [0, 0.1) is 0 Å². The van der Waals surface area contributed by atoms with Crippen LogP contribution in [0.25, 0.3) is 22.3 Å². The Morgan fingerprint density at radius 1 is 0.675 bits per heavy atom. The first kappa shape index (κ1) is 25.2. The molecule has 1 aliphatic carbocycles. The average molecular weight is 517 g/mol. The van der Waals surface area contributed by atoms with E-state index in [2.05, 4.69) is 121 Å². The van der Waals surface area contributed by atoms with Gasteiger partial charge in [-0.25, -0.2) is 0 Å². The predicted octanol–water partition coefficient (Wildman–Crippen LogP) is 9.68. The number of nitrogens with one attached hydrogen (secondary N) is 1. The van der Waals surface area contributed by atoms with Crippen molar-refractivity contribution in [3.05, 3.63) is 174 Å². The molecule has 0 radical (unpaired) electrons. The zero-order valence-electron chi connectivity index (χ0n) is 22.6. The van der Waals surface area contributed by atoms with Crippen LogP contribution in [0.4, 0.5) is 17.1 Å². The van der Waals surface area contributed by atoms with Crippen LogP contribution in [0.2, 0.25) is 0 Å². The monoisotopic (exact) mass is 516 g/mol. The maximum atomic E-state index is 6.15. The van der Waals surface area contributed by atoms with Crippen LogP contribution in [-0.4, -0.2) is 0 Å². The van der Waals surface area contributed by atoms with Crippen LogP contribution in [-0.2, 0) is 5.41 Å². The van der Waals surface area contributed by atoms with Crippen molar-refractivity contribution in [3.63, 3.8) is 0 Å². The number of hydrogen-bond donors (Lipinski definition) is 2. The van der Waals surface area contributed by atoms with Gasteiger partial charge in [0.25, 0.3) is 0 Å². The Labute approximate surface area is 236 Å². The van der Waals surface area contributed by atoms with Gasteiger partial charge in [0.1, 0.15) is 0 Å². The summed E-state index contributed by atoms with van der Waals surface area (Å²) in [6.07, 6.45) is 8.32. The Hall–Kier alpha value is -5.08. The third kappa shape index (κ3) is 4.24. The summed E-state index contributed by atoms with van der Waals surface area (Å²) in [4.78, 5) is 0. The summed E-state index contributed by atoms with van der Waals surface area (Å²) in [5.74, 6) is 0. The number of fused-ring (bicyclic) bond motifs is 3. The zero-order chi connectivity index (χ0) is 27.5. The molecule has 40 heavy (non-hydrogen) atoms. The molecule has 3 N–H and O–H groups in total. The summed E-state index contributed by atoms with van der Waals surface area (Å²) < 4.78 is 0. The quantitative estimate of drug-likeness (QED) is 0.167. The summed E-state index contributed by atoms with van der Waals surface area (Å²) in [6, 6.07) is 42.6. The van der Waals surface area contributed by atoms with E-state index in [1.807, 2.05) is 37.3 Å². The standard InChI is InChI=1S/C38H32N2/c1-3-4-6-14-27(2)38(36-21-11-12-22-37(36)40-31-17-7-5-8-18-31)34-20-10-9-19-32(34)33-26-29(23-24-35(33)38)28-15-13-16-30(39)25-28/h3-26,40H,2,39H2,1H3/b4-3-,14-6-. The van der Waals surface area contributed by atoms with Crippen LogP contribution in [0.3, 0.4) is 0 Å². The molecule has 194 valence electrons. The highest BCUT2D eigenvalue weighted by Crippen LogP contribution is 2.58. The van der Waals surface area contributed by atoms with Gasteiger partial charge in [-0.1, -0.05) is 116 Å². The molecule has 0 spiro atoms. The number of nitrogens with two attached hydrogens (primary N) is 1. The van der Waals surface area contributed by atoms with Gasteiger partial charge in [-0.2, -0.15) is 0 Å². The van der Waals surface area contributed by atoms with E-state index in [-0.39, 0.29) is 0 Å². The van der Waals surface area contributed by atoms with E-state index in [0.717, 1.165) is 39.3 Å². The number of anilines is 3. The molecular weight excluding hydrogens is 484 g/mol. The van der Waals surface area contributed by atoms with E-state index >= 15 is 0 Å². The Bertz CT molecular complexity index is 1760. The normalized spacial score (nSPS) is 15.7. The van der Waals surface area contributed by atoms with Gasteiger partial charge in [0, 0.05) is 17.1 Å². The highest BCUT2D eigenvalue weighted by Gasteiger charge is 2.47. The van der Waals surface area contributed by atoms with Crippen molar-refractivity contribution < 1.29 is 0 Å². The van der Waals surface area contributed by atoms with Crippen molar-refractivity contribution in [3.8, 4) is 22.3 Å². The van der Waals surface area contributed by atoms with E-state index < -0.39 is 5.41 Å². The second-order valence-corrected chi connectivity index (χ2v) is 10.1.